The normalized spacial score (nSPS) is 16.0. The fourth-order valence-electron chi connectivity index (χ4n) is 3.54. The molecule has 0 saturated carbocycles. The summed E-state index contributed by atoms with van der Waals surface area (Å²) in [5, 5.41) is 0. The van der Waals surface area contributed by atoms with Crippen LogP contribution in [-0.2, 0) is 0 Å². The molecule has 0 spiro atoms. The van der Waals surface area contributed by atoms with E-state index in [1.165, 1.54) is 24.1 Å². The Morgan fingerprint density at radius 2 is 2.07 bits per heavy atom. The van der Waals surface area contributed by atoms with Crippen LogP contribution in [0.2, 0.25) is 0 Å². The van der Waals surface area contributed by atoms with Gasteiger partial charge in [0.25, 0.3) is 11.5 Å². The number of H-pyrrole nitrogens is 1. The Morgan fingerprint density at radius 1 is 1.23 bits per heavy atom. The monoisotopic (exact) mass is 412 g/mol. The van der Waals surface area contributed by atoms with Gasteiger partial charge in [-0.2, -0.15) is 0 Å². The molecule has 0 bridgehead atoms. The summed E-state index contributed by atoms with van der Waals surface area (Å²) < 4.78 is 31.9. The third-order valence-electron chi connectivity index (χ3n) is 5.03. The number of hydrogen-bond donors (Lipinski definition) is 1. The van der Waals surface area contributed by atoms with E-state index in [0.29, 0.717) is 42.5 Å². The molecule has 0 aliphatic carbocycles. The van der Waals surface area contributed by atoms with E-state index in [1.54, 1.807) is 18.3 Å². The lowest BCUT2D eigenvalue weighted by atomic mass is 10.1. The fraction of sp³-hybridized carbons (Fsp3) is 0.238. The number of hydrogen-bond acceptors (Lipinski definition) is 5. The zero-order valence-electron chi connectivity index (χ0n) is 16.1. The number of rotatable bonds is 4. The maximum absolute atomic E-state index is 13.5. The van der Waals surface area contributed by atoms with E-state index in [0.717, 1.165) is 12.1 Å². The number of carbonyl (C=O) groups excluding carboxylic acids is 1. The number of nitrogens with zero attached hydrogens (tertiary/aromatic N) is 3. The Morgan fingerprint density at radius 3 is 2.83 bits per heavy atom. The minimum atomic E-state index is -1.07. The van der Waals surface area contributed by atoms with Crippen LogP contribution in [0.1, 0.15) is 28.5 Å². The van der Waals surface area contributed by atoms with Crippen LogP contribution in [0.3, 0.4) is 0 Å². The summed E-state index contributed by atoms with van der Waals surface area (Å²) in [6.07, 6.45) is 2.15. The molecule has 1 amide bonds. The van der Waals surface area contributed by atoms with Gasteiger partial charge in [-0.15, -0.1) is 0 Å². The van der Waals surface area contributed by atoms with Crippen molar-refractivity contribution in [3.05, 3.63) is 76.0 Å². The molecule has 154 valence electrons. The number of likely N-dealkylation sites (tertiary alicyclic amines) is 1. The topological polar surface area (TPSA) is 88.2 Å². The lowest BCUT2D eigenvalue weighted by molar-refractivity contribution is 0.0790. The zero-order valence-corrected chi connectivity index (χ0v) is 16.1. The fourth-order valence-corrected chi connectivity index (χ4v) is 3.54. The minimum absolute atomic E-state index is 0.0739. The number of halogens is 2. The quantitative estimate of drug-likeness (QED) is 0.712. The molecule has 3 heterocycles. The van der Waals surface area contributed by atoms with E-state index in [1.807, 2.05) is 0 Å². The maximum Gasteiger partial charge on any atom is 0.253 e. The zero-order chi connectivity index (χ0) is 21.3. The Balaban J connectivity index is 1.58. The first-order valence-electron chi connectivity index (χ1n) is 9.31. The average molecular weight is 412 g/mol. The highest BCUT2D eigenvalue weighted by atomic mass is 19.2. The smallest absolute Gasteiger partial charge is 0.253 e. The summed E-state index contributed by atoms with van der Waals surface area (Å²) in [5.41, 5.74) is 0.750. The second kappa shape index (κ2) is 8.02. The van der Waals surface area contributed by atoms with Crippen LogP contribution in [0.25, 0.3) is 11.3 Å². The predicted molar refractivity (Wildman–Crippen MR) is 104 cm³/mol. The summed E-state index contributed by atoms with van der Waals surface area (Å²) in [5.74, 6) is -1.87. The van der Waals surface area contributed by atoms with Crippen LogP contribution < -0.4 is 10.3 Å². The van der Waals surface area contributed by atoms with Crippen LogP contribution >= 0.6 is 0 Å². The molecule has 1 N–H and O–H groups in total. The van der Waals surface area contributed by atoms with Crippen LogP contribution in [0.5, 0.6) is 5.88 Å². The number of methoxy groups -OCH3 is 1. The van der Waals surface area contributed by atoms with Crippen LogP contribution in [0.15, 0.2) is 47.4 Å². The molecular formula is C21H18F2N4O3. The van der Waals surface area contributed by atoms with E-state index in [-0.39, 0.29) is 17.0 Å². The Kier molecular flexibility index (Phi) is 5.26. The van der Waals surface area contributed by atoms with Crippen molar-refractivity contribution in [2.75, 3.05) is 20.2 Å². The number of pyridine rings is 1. The predicted octanol–water partition coefficient (Wildman–Crippen LogP) is 2.75. The van der Waals surface area contributed by atoms with E-state index >= 15 is 0 Å². The third-order valence-corrected chi connectivity index (χ3v) is 5.03. The molecule has 1 atom stereocenters. The van der Waals surface area contributed by atoms with Crippen LogP contribution in [-0.4, -0.2) is 46.0 Å². The van der Waals surface area contributed by atoms with Crippen molar-refractivity contribution in [2.45, 2.75) is 12.3 Å². The van der Waals surface area contributed by atoms with E-state index in [2.05, 4.69) is 15.0 Å². The first-order valence-corrected chi connectivity index (χ1v) is 9.31. The van der Waals surface area contributed by atoms with Gasteiger partial charge >= 0.3 is 0 Å². The van der Waals surface area contributed by atoms with E-state index in [4.69, 9.17) is 4.74 Å². The number of carbonyl (C=O) groups is 1. The van der Waals surface area contributed by atoms with Crippen LogP contribution in [0.4, 0.5) is 8.78 Å². The first-order chi connectivity index (χ1) is 14.5. The molecule has 1 saturated heterocycles. The molecule has 30 heavy (non-hydrogen) atoms. The molecule has 1 aromatic carbocycles. The van der Waals surface area contributed by atoms with Gasteiger partial charge in [0.15, 0.2) is 11.6 Å². The second-order valence-electron chi connectivity index (χ2n) is 6.94. The molecule has 0 radical (unpaired) electrons. The van der Waals surface area contributed by atoms with Crippen molar-refractivity contribution in [2.24, 2.45) is 0 Å². The Hall–Kier alpha value is -3.62. The van der Waals surface area contributed by atoms with Gasteiger partial charge in [-0.1, -0.05) is 0 Å². The van der Waals surface area contributed by atoms with Crippen molar-refractivity contribution in [3.63, 3.8) is 0 Å². The van der Waals surface area contributed by atoms with Gasteiger partial charge in [0.2, 0.25) is 5.88 Å². The van der Waals surface area contributed by atoms with E-state index in [9.17, 15) is 18.4 Å². The molecule has 7 nitrogen and oxygen atoms in total. The SMILES string of the molecule is COc1ncccc1-c1cc(=O)[nH]c([C@H]2CCN(C(=O)c3ccc(F)c(F)c3)C2)n1. The lowest BCUT2D eigenvalue weighted by Gasteiger charge is -2.17. The van der Waals surface area contributed by atoms with E-state index < -0.39 is 17.5 Å². The highest BCUT2D eigenvalue weighted by Gasteiger charge is 2.30. The molecule has 3 aromatic rings. The number of amides is 1. The van der Waals surface area contributed by atoms with Gasteiger partial charge in [-0.3, -0.25) is 9.59 Å². The van der Waals surface area contributed by atoms with Gasteiger partial charge in [0, 0.05) is 36.8 Å². The molecule has 1 aliphatic heterocycles. The maximum atomic E-state index is 13.5. The standard InChI is InChI=1S/C21H18F2N4O3/c1-30-20-14(3-2-7-24-20)17-10-18(28)26-19(25-17)13-6-8-27(11-13)21(29)12-4-5-15(22)16(23)9-12/h2-5,7,9-10,13H,6,8,11H2,1H3,(H,25,26,28)/t13-/m0/s1. The van der Waals surface area contributed by atoms with Crippen molar-refractivity contribution < 1.29 is 18.3 Å². The molecule has 0 unspecified atom stereocenters. The van der Waals surface area contributed by atoms with Crippen molar-refractivity contribution >= 4 is 5.91 Å². The molecular weight excluding hydrogens is 394 g/mol. The summed E-state index contributed by atoms with van der Waals surface area (Å²) in [4.78, 5) is 37.8. The molecule has 1 fully saturated rings. The van der Waals surface area contributed by atoms with Crippen LogP contribution in [0, 0.1) is 11.6 Å². The number of aromatic nitrogens is 3. The van der Waals surface area contributed by atoms with Gasteiger partial charge in [-0.05, 0) is 36.8 Å². The number of nitrogens with one attached hydrogen (secondary N) is 1. The number of aromatic amines is 1. The summed E-state index contributed by atoms with van der Waals surface area (Å²) in [6.45, 7) is 0.709. The van der Waals surface area contributed by atoms with Gasteiger partial charge < -0.3 is 14.6 Å². The Bertz CT molecular complexity index is 1160. The summed E-state index contributed by atoms with van der Waals surface area (Å²) in [6, 6.07) is 7.91. The Labute approximate surface area is 170 Å². The summed E-state index contributed by atoms with van der Waals surface area (Å²) >= 11 is 0. The second-order valence-corrected chi connectivity index (χ2v) is 6.94. The molecule has 1 aliphatic rings. The van der Waals surface area contributed by atoms with Gasteiger partial charge in [0.05, 0.1) is 18.4 Å². The molecule has 4 rings (SSSR count). The van der Waals surface area contributed by atoms with Gasteiger partial charge in [0.1, 0.15) is 5.82 Å². The minimum Gasteiger partial charge on any atom is -0.481 e. The summed E-state index contributed by atoms with van der Waals surface area (Å²) in [7, 11) is 1.48. The highest BCUT2D eigenvalue weighted by Crippen LogP contribution is 2.29. The highest BCUT2D eigenvalue weighted by molar-refractivity contribution is 5.94. The third kappa shape index (κ3) is 3.78. The molecule has 2 aromatic heterocycles. The van der Waals surface area contributed by atoms with Crippen molar-refractivity contribution in [3.8, 4) is 17.1 Å². The number of benzene rings is 1. The van der Waals surface area contributed by atoms with Crippen molar-refractivity contribution in [1.29, 1.82) is 0 Å². The first kappa shape index (κ1) is 19.7. The lowest BCUT2D eigenvalue weighted by Crippen LogP contribution is -2.29. The number of ether oxygens (including phenoxy) is 1. The van der Waals surface area contributed by atoms with Crippen molar-refractivity contribution in [1.82, 2.24) is 19.9 Å². The van der Waals surface area contributed by atoms with Gasteiger partial charge in [-0.25, -0.2) is 18.7 Å². The largest absolute Gasteiger partial charge is 0.481 e. The molecule has 9 heteroatoms. The average Bonchev–Trinajstić information content (AvgIpc) is 3.25.